The number of carboxylic acids is 2. The van der Waals surface area contributed by atoms with Crippen molar-refractivity contribution in [1.29, 1.82) is 0 Å². The molecular formula is C33H32N2O10. The Hall–Kier alpha value is -5.00. The topological polar surface area (TPSA) is 179 Å². The van der Waals surface area contributed by atoms with Gasteiger partial charge in [0.2, 0.25) is 23.6 Å². The number of allylic oxidation sites excluding steroid dienone is 2. The van der Waals surface area contributed by atoms with Gasteiger partial charge in [-0.05, 0) is 30.4 Å². The molecule has 2 aliphatic heterocycles. The molecule has 0 spiro atoms. The van der Waals surface area contributed by atoms with Gasteiger partial charge < -0.3 is 20.1 Å². The summed E-state index contributed by atoms with van der Waals surface area (Å²) in [6.07, 6.45) is 1.26. The zero-order valence-electron chi connectivity index (χ0n) is 24.2. The highest BCUT2D eigenvalue weighted by Gasteiger charge is 2.62. The maximum Gasteiger partial charge on any atom is 0.305 e. The number of hydrogen-bond acceptors (Lipinski definition) is 8. The maximum absolute atomic E-state index is 13.8. The zero-order chi connectivity index (χ0) is 32.0. The Kier molecular flexibility index (Phi) is 7.90. The van der Waals surface area contributed by atoms with Gasteiger partial charge in [0.05, 0.1) is 36.5 Å². The number of carboxylic acid groups (broad SMARTS) is 2. The second-order valence-corrected chi connectivity index (χ2v) is 12.0. The van der Waals surface area contributed by atoms with Crippen molar-refractivity contribution in [3.8, 4) is 11.5 Å². The number of imide groups is 2. The highest BCUT2D eigenvalue weighted by molar-refractivity contribution is 6.08. The quantitative estimate of drug-likeness (QED) is 0.265. The summed E-state index contributed by atoms with van der Waals surface area (Å²) in [6.45, 7) is -0.311. The highest BCUT2D eigenvalue weighted by Crippen LogP contribution is 2.59. The van der Waals surface area contributed by atoms with E-state index in [1.165, 1.54) is 6.07 Å². The van der Waals surface area contributed by atoms with Crippen molar-refractivity contribution >= 4 is 35.6 Å². The van der Waals surface area contributed by atoms with E-state index >= 15 is 0 Å². The first-order valence-electron chi connectivity index (χ1n) is 14.9. The van der Waals surface area contributed by atoms with Crippen molar-refractivity contribution in [1.82, 2.24) is 9.80 Å². The first kappa shape index (κ1) is 30.0. The molecule has 0 aromatic heterocycles. The van der Waals surface area contributed by atoms with Crippen molar-refractivity contribution in [3.63, 3.8) is 0 Å². The number of hydrogen-bond donors (Lipinski definition) is 3. The normalized spacial score (nSPS) is 27.2. The van der Waals surface area contributed by atoms with E-state index in [0.717, 1.165) is 15.4 Å². The van der Waals surface area contributed by atoms with E-state index in [-0.39, 0.29) is 38.3 Å². The predicted molar refractivity (Wildman–Crippen MR) is 154 cm³/mol. The van der Waals surface area contributed by atoms with Crippen LogP contribution in [0.5, 0.6) is 11.5 Å². The van der Waals surface area contributed by atoms with Crippen LogP contribution >= 0.6 is 0 Å². The molecule has 0 bridgehead atoms. The molecule has 2 saturated heterocycles. The average Bonchev–Trinajstić information content (AvgIpc) is 3.40. The fraction of sp³-hybridized carbons (Fsp3) is 0.394. The van der Waals surface area contributed by atoms with Crippen molar-refractivity contribution in [2.24, 2.45) is 29.6 Å². The molecule has 12 heteroatoms. The number of ether oxygens (including phenoxy) is 1. The number of aliphatic carboxylic acids is 2. The Labute approximate surface area is 257 Å². The van der Waals surface area contributed by atoms with E-state index in [2.05, 4.69) is 0 Å². The number of benzene rings is 2. The second kappa shape index (κ2) is 11.8. The van der Waals surface area contributed by atoms with Crippen LogP contribution in [0.2, 0.25) is 0 Å². The molecule has 6 rings (SSSR count). The fourth-order valence-electron chi connectivity index (χ4n) is 7.54. The van der Waals surface area contributed by atoms with E-state index in [9.17, 15) is 39.0 Å². The Morgan fingerprint density at radius 2 is 1.40 bits per heavy atom. The molecule has 2 aromatic carbocycles. The van der Waals surface area contributed by atoms with Gasteiger partial charge in [0, 0.05) is 30.6 Å². The van der Waals surface area contributed by atoms with Crippen LogP contribution in [0.25, 0.3) is 0 Å². The smallest absolute Gasteiger partial charge is 0.305 e. The van der Waals surface area contributed by atoms with Gasteiger partial charge in [-0.3, -0.25) is 38.6 Å². The lowest BCUT2D eigenvalue weighted by molar-refractivity contribution is -0.145. The molecule has 4 aliphatic rings. The Balaban J connectivity index is 1.36. The molecular weight excluding hydrogens is 584 g/mol. The predicted octanol–water partition coefficient (Wildman–Crippen LogP) is 2.56. The Morgan fingerprint density at radius 1 is 0.778 bits per heavy atom. The highest BCUT2D eigenvalue weighted by atomic mass is 16.5. The molecule has 3 N–H and O–H groups in total. The third-order valence-corrected chi connectivity index (χ3v) is 9.51. The minimum absolute atomic E-state index is 0.0904. The number of nitrogens with zero attached hydrogens (tertiary/aromatic N) is 2. The van der Waals surface area contributed by atoms with Crippen LogP contribution in [0.15, 0.2) is 60.2 Å². The van der Waals surface area contributed by atoms with Crippen LogP contribution in [0.3, 0.4) is 0 Å². The van der Waals surface area contributed by atoms with Gasteiger partial charge in [-0.2, -0.15) is 0 Å². The van der Waals surface area contributed by atoms with Gasteiger partial charge >= 0.3 is 11.9 Å². The molecule has 2 aromatic rings. The summed E-state index contributed by atoms with van der Waals surface area (Å²) in [6, 6.07) is 14.2. The van der Waals surface area contributed by atoms with Gasteiger partial charge in [0.1, 0.15) is 18.1 Å². The fourth-order valence-corrected chi connectivity index (χ4v) is 7.54. The van der Waals surface area contributed by atoms with Crippen molar-refractivity contribution in [2.45, 2.75) is 38.2 Å². The van der Waals surface area contributed by atoms with Crippen LogP contribution in [0.1, 0.15) is 42.7 Å². The molecule has 234 valence electrons. The lowest BCUT2D eigenvalue weighted by Gasteiger charge is -2.44. The number of phenols is 1. The third kappa shape index (κ3) is 5.34. The molecule has 12 nitrogen and oxygen atoms in total. The van der Waals surface area contributed by atoms with Crippen LogP contribution in [-0.4, -0.2) is 73.8 Å². The Morgan fingerprint density at radius 3 is 2.02 bits per heavy atom. The summed E-state index contributed by atoms with van der Waals surface area (Å²) in [5.74, 6) is -9.01. The van der Waals surface area contributed by atoms with E-state index in [4.69, 9.17) is 9.84 Å². The number of fused-ring (bicyclic) bond motifs is 4. The Bertz CT molecular complexity index is 1620. The summed E-state index contributed by atoms with van der Waals surface area (Å²) >= 11 is 0. The maximum atomic E-state index is 13.8. The molecule has 0 unspecified atom stereocenters. The monoisotopic (exact) mass is 616 g/mol. The number of amides is 4. The molecule has 4 amide bonds. The van der Waals surface area contributed by atoms with Crippen molar-refractivity contribution in [2.75, 3.05) is 13.1 Å². The third-order valence-electron chi connectivity index (χ3n) is 9.51. The number of rotatable bonds is 10. The van der Waals surface area contributed by atoms with Gasteiger partial charge in [0.25, 0.3) is 0 Å². The zero-order valence-corrected chi connectivity index (χ0v) is 24.2. The summed E-state index contributed by atoms with van der Waals surface area (Å²) in [4.78, 5) is 78.7. The summed E-state index contributed by atoms with van der Waals surface area (Å²) in [7, 11) is 0. The minimum atomic E-state index is -1.17. The molecule has 6 atom stereocenters. The second-order valence-electron chi connectivity index (χ2n) is 12.0. The van der Waals surface area contributed by atoms with Crippen molar-refractivity contribution < 1.29 is 48.8 Å². The lowest BCUT2D eigenvalue weighted by atomic mass is 9.57. The van der Waals surface area contributed by atoms with Gasteiger partial charge in [-0.1, -0.05) is 48.0 Å². The molecule has 2 aliphatic carbocycles. The van der Waals surface area contributed by atoms with Crippen LogP contribution in [0, 0.1) is 29.6 Å². The van der Waals surface area contributed by atoms with Crippen LogP contribution < -0.4 is 4.74 Å². The molecule has 0 radical (unpaired) electrons. The van der Waals surface area contributed by atoms with E-state index in [1.54, 1.807) is 12.1 Å². The number of carbonyl (C=O) groups is 6. The molecule has 3 fully saturated rings. The summed E-state index contributed by atoms with van der Waals surface area (Å²) in [5, 5.41) is 29.7. The van der Waals surface area contributed by atoms with E-state index in [0.29, 0.717) is 16.9 Å². The van der Waals surface area contributed by atoms with Gasteiger partial charge in [-0.15, -0.1) is 0 Å². The molecule has 1 saturated carbocycles. The molecule has 45 heavy (non-hydrogen) atoms. The van der Waals surface area contributed by atoms with Crippen LogP contribution in [-0.2, 0) is 35.4 Å². The lowest BCUT2D eigenvalue weighted by Crippen LogP contribution is -2.43. The first-order valence-corrected chi connectivity index (χ1v) is 14.9. The standard InChI is InChI=1S/C33H32N2O10/c36-24-14-18(45-16-17-4-2-1-3-5-17)6-7-20(24)27-19-8-9-21-28(32(43)34(30(21)41)12-10-25(37)38)22(19)15-23-29(27)33(44)35(31(23)42)13-11-26(39)40/h1-8,14,21-23,27-29,36H,9-13,15-16H2,(H,37,38)(H,39,40)/t21-,22+,23+,27+,28-,29+/m0/s1. The van der Waals surface area contributed by atoms with Crippen molar-refractivity contribution in [3.05, 3.63) is 71.3 Å². The summed E-state index contributed by atoms with van der Waals surface area (Å²) in [5.41, 5.74) is 1.94. The number of carbonyl (C=O) groups excluding carboxylic acids is 4. The summed E-state index contributed by atoms with van der Waals surface area (Å²) < 4.78 is 5.86. The largest absolute Gasteiger partial charge is 0.508 e. The van der Waals surface area contributed by atoms with Gasteiger partial charge in [-0.25, -0.2) is 0 Å². The van der Waals surface area contributed by atoms with Gasteiger partial charge in [0.15, 0.2) is 0 Å². The molecule has 2 heterocycles. The SMILES string of the molecule is O=C(O)CCN1C(=O)[C@H]2[C@H](CC=C3[C@H]2C[C@H]2C(=O)N(CCC(=O)O)C(=O)[C@H]2[C@H]3c2ccc(OCc3ccccc3)cc2O)C1=O. The average molecular weight is 617 g/mol. The van der Waals surface area contributed by atoms with E-state index in [1.807, 2.05) is 36.4 Å². The number of likely N-dealkylation sites (tertiary alicyclic amines) is 2. The minimum Gasteiger partial charge on any atom is -0.508 e. The van der Waals surface area contributed by atoms with Crippen LogP contribution in [0.4, 0.5) is 0 Å². The van der Waals surface area contributed by atoms with E-state index < -0.39 is 83.9 Å². The first-order chi connectivity index (χ1) is 21.6. The number of aromatic hydroxyl groups is 1. The number of phenolic OH excluding ortho intramolecular Hbond substituents is 1.